The van der Waals surface area contributed by atoms with Gasteiger partial charge in [0.25, 0.3) is 0 Å². The summed E-state index contributed by atoms with van der Waals surface area (Å²) in [5.74, 6) is 0.687. The van der Waals surface area contributed by atoms with E-state index < -0.39 is 0 Å². The van der Waals surface area contributed by atoms with Gasteiger partial charge in [-0.3, -0.25) is 4.90 Å². The van der Waals surface area contributed by atoms with Crippen LogP contribution in [0, 0.1) is 5.92 Å². The molecule has 3 heteroatoms. The zero-order chi connectivity index (χ0) is 12.1. The molecule has 3 nitrogen and oxygen atoms in total. The van der Waals surface area contributed by atoms with Crippen LogP contribution in [0.4, 0.5) is 0 Å². The summed E-state index contributed by atoms with van der Waals surface area (Å²) in [6, 6.07) is 1.17. The monoisotopic (exact) mass is 228 g/mol. The predicted molar refractivity (Wildman–Crippen MR) is 68.8 cm³/mol. The van der Waals surface area contributed by atoms with Gasteiger partial charge < -0.3 is 10.1 Å². The van der Waals surface area contributed by atoms with Crippen molar-refractivity contribution in [3.8, 4) is 0 Å². The van der Waals surface area contributed by atoms with Crippen LogP contribution in [-0.4, -0.2) is 49.3 Å². The van der Waals surface area contributed by atoms with Gasteiger partial charge in [-0.1, -0.05) is 20.8 Å². The summed E-state index contributed by atoms with van der Waals surface area (Å²) in [5.41, 5.74) is 0. The molecule has 0 aromatic rings. The van der Waals surface area contributed by atoms with Gasteiger partial charge in [0.05, 0.1) is 12.7 Å². The van der Waals surface area contributed by atoms with Gasteiger partial charge in [0, 0.05) is 25.2 Å². The molecule has 0 spiro atoms. The van der Waals surface area contributed by atoms with E-state index >= 15 is 0 Å². The zero-order valence-corrected chi connectivity index (χ0v) is 11.5. The highest BCUT2D eigenvalue weighted by molar-refractivity contribution is 4.85. The first-order valence-corrected chi connectivity index (χ1v) is 6.64. The van der Waals surface area contributed by atoms with E-state index in [1.54, 1.807) is 0 Å². The minimum atomic E-state index is 0.374. The van der Waals surface area contributed by atoms with Crippen molar-refractivity contribution in [2.24, 2.45) is 5.92 Å². The molecule has 3 atom stereocenters. The Kier molecular flexibility index (Phi) is 5.73. The summed E-state index contributed by atoms with van der Waals surface area (Å²) in [4.78, 5) is 2.61. The third kappa shape index (κ3) is 3.72. The van der Waals surface area contributed by atoms with E-state index in [0.717, 1.165) is 26.2 Å². The van der Waals surface area contributed by atoms with Gasteiger partial charge in [0.15, 0.2) is 0 Å². The normalized spacial score (nSPS) is 29.6. The Morgan fingerprint density at radius 3 is 2.62 bits per heavy atom. The SMILES string of the molecule is CCNCC(C(C)C)N1CC(C)OCC1C. The molecule has 0 radical (unpaired) electrons. The van der Waals surface area contributed by atoms with Crippen molar-refractivity contribution in [1.29, 1.82) is 0 Å². The van der Waals surface area contributed by atoms with Gasteiger partial charge in [-0.25, -0.2) is 0 Å². The molecule has 0 saturated carbocycles. The van der Waals surface area contributed by atoms with Gasteiger partial charge in [-0.2, -0.15) is 0 Å². The van der Waals surface area contributed by atoms with Crippen LogP contribution in [0.5, 0.6) is 0 Å². The van der Waals surface area contributed by atoms with Gasteiger partial charge in [-0.05, 0) is 26.3 Å². The number of nitrogens with zero attached hydrogens (tertiary/aromatic N) is 1. The molecule has 1 rings (SSSR count). The van der Waals surface area contributed by atoms with Crippen molar-refractivity contribution in [3.63, 3.8) is 0 Å². The molecule has 1 heterocycles. The maximum atomic E-state index is 5.69. The second-order valence-electron chi connectivity index (χ2n) is 5.31. The lowest BCUT2D eigenvalue weighted by atomic mass is 9.99. The van der Waals surface area contributed by atoms with E-state index in [1.807, 2.05) is 0 Å². The van der Waals surface area contributed by atoms with Crippen LogP contribution in [0.3, 0.4) is 0 Å². The first-order valence-electron chi connectivity index (χ1n) is 6.64. The maximum absolute atomic E-state index is 5.69. The minimum Gasteiger partial charge on any atom is -0.376 e. The largest absolute Gasteiger partial charge is 0.376 e. The number of ether oxygens (including phenoxy) is 1. The summed E-state index contributed by atoms with van der Waals surface area (Å²) in [6.45, 7) is 15.3. The first kappa shape index (κ1) is 13.9. The van der Waals surface area contributed by atoms with Crippen molar-refractivity contribution in [2.45, 2.75) is 52.8 Å². The smallest absolute Gasteiger partial charge is 0.0674 e. The Morgan fingerprint density at radius 1 is 1.38 bits per heavy atom. The van der Waals surface area contributed by atoms with Crippen LogP contribution in [0.2, 0.25) is 0 Å². The average molecular weight is 228 g/mol. The standard InChI is InChI=1S/C13H28N2O/c1-6-14-7-13(10(2)3)15-8-12(5)16-9-11(15)4/h10-14H,6-9H2,1-5H3. The average Bonchev–Trinajstić information content (AvgIpc) is 2.23. The Labute approximate surface area is 101 Å². The lowest BCUT2D eigenvalue weighted by Gasteiger charge is -2.43. The molecular weight excluding hydrogens is 200 g/mol. The Balaban J connectivity index is 2.59. The molecule has 96 valence electrons. The van der Waals surface area contributed by atoms with Crippen molar-refractivity contribution in [1.82, 2.24) is 10.2 Å². The van der Waals surface area contributed by atoms with E-state index in [4.69, 9.17) is 4.74 Å². The van der Waals surface area contributed by atoms with Crippen molar-refractivity contribution >= 4 is 0 Å². The topological polar surface area (TPSA) is 24.5 Å². The number of rotatable bonds is 5. The molecular formula is C13H28N2O. The minimum absolute atomic E-state index is 0.374. The van der Waals surface area contributed by atoms with Gasteiger partial charge in [-0.15, -0.1) is 0 Å². The number of nitrogens with one attached hydrogen (secondary N) is 1. The Hall–Kier alpha value is -0.120. The lowest BCUT2D eigenvalue weighted by molar-refractivity contribution is -0.0723. The molecule has 0 amide bonds. The van der Waals surface area contributed by atoms with E-state index in [-0.39, 0.29) is 0 Å². The molecule has 0 aromatic heterocycles. The van der Waals surface area contributed by atoms with Crippen LogP contribution in [0.25, 0.3) is 0 Å². The lowest BCUT2D eigenvalue weighted by Crippen LogP contribution is -2.56. The Bertz CT molecular complexity index is 196. The van der Waals surface area contributed by atoms with Crippen molar-refractivity contribution in [2.75, 3.05) is 26.2 Å². The van der Waals surface area contributed by atoms with Crippen molar-refractivity contribution < 1.29 is 4.74 Å². The van der Waals surface area contributed by atoms with Gasteiger partial charge in [0.1, 0.15) is 0 Å². The highest BCUT2D eigenvalue weighted by atomic mass is 16.5. The number of morpholine rings is 1. The number of hydrogen-bond acceptors (Lipinski definition) is 3. The second kappa shape index (κ2) is 6.58. The molecule has 1 N–H and O–H groups in total. The van der Waals surface area contributed by atoms with Crippen LogP contribution in [0.15, 0.2) is 0 Å². The summed E-state index contributed by atoms with van der Waals surface area (Å²) in [5, 5.41) is 3.48. The molecule has 0 aliphatic carbocycles. The highest BCUT2D eigenvalue weighted by Gasteiger charge is 2.30. The van der Waals surface area contributed by atoms with Gasteiger partial charge >= 0.3 is 0 Å². The molecule has 3 unspecified atom stereocenters. The van der Waals surface area contributed by atoms with E-state index in [9.17, 15) is 0 Å². The fraction of sp³-hybridized carbons (Fsp3) is 1.00. The number of likely N-dealkylation sites (N-methyl/N-ethyl adjacent to an activating group) is 1. The zero-order valence-electron chi connectivity index (χ0n) is 11.5. The quantitative estimate of drug-likeness (QED) is 0.775. The molecule has 1 aliphatic rings. The summed E-state index contributed by atoms with van der Waals surface area (Å²) < 4.78 is 5.69. The fourth-order valence-corrected chi connectivity index (χ4v) is 2.42. The summed E-state index contributed by atoms with van der Waals surface area (Å²) in [7, 11) is 0. The molecule has 1 aliphatic heterocycles. The van der Waals surface area contributed by atoms with Crippen LogP contribution < -0.4 is 5.32 Å². The molecule has 16 heavy (non-hydrogen) atoms. The Morgan fingerprint density at radius 2 is 2.06 bits per heavy atom. The van der Waals surface area contributed by atoms with E-state index in [0.29, 0.717) is 24.1 Å². The van der Waals surface area contributed by atoms with Crippen LogP contribution >= 0.6 is 0 Å². The molecule has 0 bridgehead atoms. The summed E-state index contributed by atoms with van der Waals surface area (Å²) in [6.07, 6.45) is 0.374. The van der Waals surface area contributed by atoms with E-state index in [1.165, 1.54) is 0 Å². The fourth-order valence-electron chi connectivity index (χ4n) is 2.42. The molecule has 1 saturated heterocycles. The molecule has 1 fully saturated rings. The van der Waals surface area contributed by atoms with Gasteiger partial charge in [0.2, 0.25) is 0 Å². The maximum Gasteiger partial charge on any atom is 0.0674 e. The first-order chi connectivity index (χ1) is 7.56. The van der Waals surface area contributed by atoms with E-state index in [2.05, 4.69) is 44.8 Å². The highest BCUT2D eigenvalue weighted by Crippen LogP contribution is 2.19. The van der Waals surface area contributed by atoms with Crippen LogP contribution in [-0.2, 0) is 4.74 Å². The number of hydrogen-bond donors (Lipinski definition) is 1. The third-order valence-corrected chi connectivity index (χ3v) is 3.46. The molecule has 0 aromatic carbocycles. The predicted octanol–water partition coefficient (Wildman–Crippen LogP) is 1.73. The second-order valence-corrected chi connectivity index (χ2v) is 5.31. The third-order valence-electron chi connectivity index (χ3n) is 3.46. The summed E-state index contributed by atoms with van der Waals surface area (Å²) >= 11 is 0. The van der Waals surface area contributed by atoms with Crippen molar-refractivity contribution in [3.05, 3.63) is 0 Å². The van der Waals surface area contributed by atoms with Crippen LogP contribution in [0.1, 0.15) is 34.6 Å².